The molecule has 1 saturated heterocycles. The second-order valence-corrected chi connectivity index (χ2v) is 6.60. The van der Waals surface area contributed by atoms with Crippen molar-refractivity contribution in [3.05, 3.63) is 35.9 Å². The van der Waals surface area contributed by atoms with Crippen LogP contribution in [-0.4, -0.2) is 42.4 Å². The number of rotatable bonds is 3. The Hall–Kier alpha value is -1.07. The van der Waals surface area contributed by atoms with Crippen LogP contribution in [0.15, 0.2) is 30.3 Å². The molecule has 21 heavy (non-hydrogen) atoms. The molecule has 2 unspecified atom stereocenters. The Kier molecular flexibility index (Phi) is 3.74. The number of hydrogen-bond acceptors (Lipinski definition) is 1. The first kappa shape index (κ1) is 14.9. The summed E-state index contributed by atoms with van der Waals surface area (Å²) in [5.74, 6) is 0.280. The summed E-state index contributed by atoms with van der Waals surface area (Å²) in [6.07, 6.45) is -1.83. The number of piperidine rings is 1. The van der Waals surface area contributed by atoms with Crippen molar-refractivity contribution in [1.29, 1.82) is 0 Å². The lowest BCUT2D eigenvalue weighted by molar-refractivity contribution is -0.952. The van der Waals surface area contributed by atoms with Crippen LogP contribution in [0, 0.1) is 0 Å². The standard InChI is InChI=1S/C16H22F3N2/c17-16(18,19)11-21(8-6-13(20)7-9-21)15-10-14(15)12-4-2-1-3-5-12/h1-5,13-15H,6-11,20H2/q+1. The first-order chi connectivity index (χ1) is 9.90. The van der Waals surface area contributed by atoms with Gasteiger partial charge in [0.25, 0.3) is 0 Å². The van der Waals surface area contributed by atoms with Crippen molar-refractivity contribution in [3.8, 4) is 0 Å². The Bertz CT molecular complexity index is 478. The summed E-state index contributed by atoms with van der Waals surface area (Å²) in [5, 5.41) is 0. The molecule has 1 saturated carbocycles. The van der Waals surface area contributed by atoms with E-state index in [1.54, 1.807) is 0 Å². The number of alkyl halides is 3. The minimum atomic E-state index is -4.11. The average molecular weight is 299 g/mol. The number of likely N-dealkylation sites (tertiary alicyclic amines) is 1. The molecule has 5 heteroatoms. The molecular weight excluding hydrogens is 277 g/mol. The van der Waals surface area contributed by atoms with Crippen molar-refractivity contribution in [2.45, 2.75) is 43.4 Å². The molecule has 0 radical (unpaired) electrons. The highest BCUT2D eigenvalue weighted by molar-refractivity contribution is 5.26. The second kappa shape index (κ2) is 5.29. The van der Waals surface area contributed by atoms with Crippen molar-refractivity contribution in [2.24, 2.45) is 5.73 Å². The second-order valence-electron chi connectivity index (χ2n) is 6.60. The Balaban J connectivity index is 1.78. The summed E-state index contributed by atoms with van der Waals surface area (Å²) >= 11 is 0. The minimum absolute atomic E-state index is 0.0680. The number of benzene rings is 1. The van der Waals surface area contributed by atoms with Crippen LogP contribution in [0.5, 0.6) is 0 Å². The van der Waals surface area contributed by atoms with Crippen molar-refractivity contribution >= 4 is 0 Å². The summed E-state index contributed by atoms with van der Waals surface area (Å²) in [7, 11) is 0. The van der Waals surface area contributed by atoms with Crippen LogP contribution in [0.3, 0.4) is 0 Å². The van der Waals surface area contributed by atoms with E-state index in [9.17, 15) is 13.2 Å². The molecule has 0 amide bonds. The van der Waals surface area contributed by atoms with Gasteiger partial charge < -0.3 is 10.2 Å². The van der Waals surface area contributed by atoms with Crippen LogP contribution in [0.4, 0.5) is 13.2 Å². The van der Waals surface area contributed by atoms with Crippen molar-refractivity contribution in [2.75, 3.05) is 19.6 Å². The number of nitrogens with zero attached hydrogens (tertiary/aromatic N) is 1. The summed E-state index contributed by atoms with van der Waals surface area (Å²) in [4.78, 5) is 0. The van der Waals surface area contributed by atoms with Gasteiger partial charge in [0, 0.05) is 31.2 Å². The maximum atomic E-state index is 13.1. The van der Waals surface area contributed by atoms with Gasteiger partial charge in [-0.05, 0) is 5.56 Å². The molecule has 0 bridgehead atoms. The molecule has 1 aliphatic carbocycles. The predicted octanol–water partition coefficient (Wildman–Crippen LogP) is 3.04. The van der Waals surface area contributed by atoms with E-state index in [4.69, 9.17) is 5.73 Å². The minimum Gasteiger partial charge on any atom is -0.327 e. The SMILES string of the molecule is NC1CC[N+](CC(F)(F)F)(C2CC2c2ccccc2)CC1. The average Bonchev–Trinajstić information content (AvgIpc) is 3.22. The third-order valence-electron chi connectivity index (χ3n) is 5.07. The lowest BCUT2D eigenvalue weighted by Gasteiger charge is -2.44. The molecule has 0 aromatic heterocycles. The Morgan fingerprint density at radius 1 is 1.10 bits per heavy atom. The lowest BCUT2D eigenvalue weighted by Crippen LogP contribution is -2.60. The summed E-state index contributed by atoms with van der Waals surface area (Å²) < 4.78 is 39.4. The third-order valence-corrected chi connectivity index (χ3v) is 5.07. The number of quaternary nitrogens is 1. The topological polar surface area (TPSA) is 26.0 Å². The predicted molar refractivity (Wildman–Crippen MR) is 75.7 cm³/mol. The van der Waals surface area contributed by atoms with E-state index in [1.165, 1.54) is 5.56 Å². The molecule has 0 spiro atoms. The highest BCUT2D eigenvalue weighted by atomic mass is 19.4. The molecule has 2 fully saturated rings. The van der Waals surface area contributed by atoms with E-state index < -0.39 is 12.7 Å². The summed E-state index contributed by atoms with van der Waals surface area (Å²) in [6.45, 7) is 0.428. The van der Waals surface area contributed by atoms with E-state index >= 15 is 0 Å². The fourth-order valence-electron chi connectivity index (χ4n) is 3.91. The molecule has 3 rings (SSSR count). The van der Waals surface area contributed by atoms with Crippen LogP contribution in [-0.2, 0) is 0 Å². The molecular formula is C16H22F3N2+. The Labute approximate surface area is 123 Å². The molecule has 2 atom stereocenters. The van der Waals surface area contributed by atoms with Gasteiger partial charge in [0.2, 0.25) is 0 Å². The molecule has 1 aliphatic heterocycles. The van der Waals surface area contributed by atoms with Crippen LogP contribution >= 0.6 is 0 Å². The molecule has 2 aliphatic rings. The number of halogens is 3. The Morgan fingerprint density at radius 2 is 1.71 bits per heavy atom. The van der Waals surface area contributed by atoms with E-state index in [0.29, 0.717) is 25.9 Å². The van der Waals surface area contributed by atoms with E-state index in [1.807, 2.05) is 30.3 Å². The molecule has 116 valence electrons. The maximum absolute atomic E-state index is 13.1. The molecule has 2 N–H and O–H groups in total. The van der Waals surface area contributed by atoms with Crippen molar-refractivity contribution in [1.82, 2.24) is 0 Å². The van der Waals surface area contributed by atoms with Crippen molar-refractivity contribution < 1.29 is 17.7 Å². The smallest absolute Gasteiger partial charge is 0.327 e. The van der Waals surface area contributed by atoms with Gasteiger partial charge in [0.15, 0.2) is 6.54 Å². The number of hydrogen-bond donors (Lipinski definition) is 1. The lowest BCUT2D eigenvalue weighted by atomic mass is 10.0. The fraction of sp³-hybridized carbons (Fsp3) is 0.625. The zero-order valence-corrected chi connectivity index (χ0v) is 12.0. The fourth-order valence-corrected chi connectivity index (χ4v) is 3.91. The maximum Gasteiger partial charge on any atom is 0.438 e. The van der Waals surface area contributed by atoms with Crippen LogP contribution in [0.1, 0.15) is 30.7 Å². The van der Waals surface area contributed by atoms with Gasteiger partial charge in [-0.25, -0.2) is 0 Å². The highest BCUT2D eigenvalue weighted by Crippen LogP contribution is 2.50. The van der Waals surface area contributed by atoms with Crippen LogP contribution in [0.2, 0.25) is 0 Å². The Morgan fingerprint density at radius 3 is 2.29 bits per heavy atom. The highest BCUT2D eigenvalue weighted by Gasteiger charge is 2.58. The summed E-state index contributed by atoms with van der Waals surface area (Å²) in [6, 6.07) is 10.1. The summed E-state index contributed by atoms with van der Waals surface area (Å²) in [5.41, 5.74) is 7.07. The van der Waals surface area contributed by atoms with E-state index in [2.05, 4.69) is 0 Å². The van der Waals surface area contributed by atoms with Gasteiger partial charge >= 0.3 is 6.18 Å². The van der Waals surface area contributed by atoms with Gasteiger partial charge in [0.05, 0.1) is 19.1 Å². The zero-order valence-electron chi connectivity index (χ0n) is 12.0. The number of nitrogens with two attached hydrogens (primary N) is 1. The monoisotopic (exact) mass is 299 g/mol. The largest absolute Gasteiger partial charge is 0.438 e. The van der Waals surface area contributed by atoms with Gasteiger partial charge in [-0.1, -0.05) is 30.3 Å². The first-order valence-corrected chi connectivity index (χ1v) is 7.63. The zero-order chi connectivity index (χ0) is 15.1. The van der Waals surface area contributed by atoms with Gasteiger partial charge in [-0.3, -0.25) is 0 Å². The van der Waals surface area contributed by atoms with E-state index in [-0.39, 0.29) is 22.5 Å². The quantitative estimate of drug-likeness (QED) is 0.853. The molecule has 1 heterocycles. The molecule has 1 aromatic rings. The van der Waals surface area contributed by atoms with Gasteiger partial charge in [0.1, 0.15) is 0 Å². The molecule has 1 aromatic carbocycles. The van der Waals surface area contributed by atoms with Crippen molar-refractivity contribution in [3.63, 3.8) is 0 Å². The van der Waals surface area contributed by atoms with Gasteiger partial charge in [-0.2, -0.15) is 13.2 Å². The van der Waals surface area contributed by atoms with Crippen LogP contribution in [0.25, 0.3) is 0 Å². The van der Waals surface area contributed by atoms with Gasteiger partial charge in [-0.15, -0.1) is 0 Å². The normalized spacial score (nSPS) is 36.5. The third kappa shape index (κ3) is 3.24. The van der Waals surface area contributed by atoms with E-state index in [0.717, 1.165) is 6.42 Å². The van der Waals surface area contributed by atoms with Crippen LogP contribution < -0.4 is 5.73 Å². The first-order valence-electron chi connectivity index (χ1n) is 7.63. The molecule has 2 nitrogen and oxygen atoms in total.